The van der Waals surface area contributed by atoms with E-state index in [2.05, 4.69) is 36.5 Å². The van der Waals surface area contributed by atoms with Gasteiger partial charge in [0, 0.05) is 19.7 Å². The van der Waals surface area contributed by atoms with Gasteiger partial charge in [-0.2, -0.15) is 0 Å². The second kappa shape index (κ2) is 6.57. The Labute approximate surface area is 86.3 Å². The molecule has 2 nitrogen and oxygen atoms in total. The van der Waals surface area contributed by atoms with Gasteiger partial charge in [0.05, 0.1) is 6.61 Å². The molecule has 0 saturated carbocycles. The molecular weight excluding hydrogens is 174 g/mol. The maximum atomic E-state index is 4.98. The fourth-order valence-electron chi connectivity index (χ4n) is 1.45. The fraction of sp³-hybridized carbons (Fsp3) is 0.500. The quantitative estimate of drug-likeness (QED) is 0.696. The third-order valence-electron chi connectivity index (χ3n) is 2.18. The lowest BCUT2D eigenvalue weighted by atomic mass is 10.1. The molecule has 0 aliphatic heterocycles. The Hall–Kier alpha value is -0.860. The van der Waals surface area contributed by atoms with Crippen molar-refractivity contribution in [1.82, 2.24) is 5.32 Å². The van der Waals surface area contributed by atoms with E-state index in [1.165, 1.54) is 5.56 Å². The Morgan fingerprint density at radius 2 is 2.00 bits per heavy atom. The molecule has 0 radical (unpaired) electrons. The Morgan fingerprint density at radius 3 is 2.64 bits per heavy atom. The number of benzene rings is 1. The van der Waals surface area contributed by atoms with Crippen LogP contribution in [0, 0.1) is 0 Å². The largest absolute Gasteiger partial charge is 0.383 e. The first-order valence-electron chi connectivity index (χ1n) is 5.09. The molecule has 1 N–H and O–H groups in total. The molecule has 1 aromatic rings. The Morgan fingerprint density at radius 1 is 1.29 bits per heavy atom. The summed E-state index contributed by atoms with van der Waals surface area (Å²) in [7, 11) is 1.73. The molecule has 1 atom stereocenters. The molecule has 0 heterocycles. The number of methoxy groups -OCH3 is 1. The summed E-state index contributed by atoms with van der Waals surface area (Å²) < 4.78 is 4.98. The highest BCUT2D eigenvalue weighted by Gasteiger charge is 2.01. The van der Waals surface area contributed by atoms with Gasteiger partial charge < -0.3 is 10.1 Å². The minimum absolute atomic E-state index is 0.507. The van der Waals surface area contributed by atoms with Gasteiger partial charge in [0.25, 0.3) is 0 Å². The number of nitrogens with one attached hydrogen (secondary N) is 1. The van der Waals surface area contributed by atoms with Crippen LogP contribution in [0.3, 0.4) is 0 Å². The smallest absolute Gasteiger partial charge is 0.0587 e. The molecule has 1 rings (SSSR count). The summed E-state index contributed by atoms with van der Waals surface area (Å²) in [4.78, 5) is 0. The molecule has 0 saturated heterocycles. The van der Waals surface area contributed by atoms with Crippen LogP contribution < -0.4 is 5.32 Å². The average molecular weight is 193 g/mol. The van der Waals surface area contributed by atoms with Gasteiger partial charge in [-0.25, -0.2) is 0 Å². The minimum atomic E-state index is 0.507. The van der Waals surface area contributed by atoms with Crippen molar-refractivity contribution in [2.45, 2.75) is 19.4 Å². The SMILES string of the molecule is COCCNC(C)Cc1ccccc1. The lowest BCUT2D eigenvalue weighted by Gasteiger charge is -2.13. The van der Waals surface area contributed by atoms with Crippen molar-refractivity contribution in [2.24, 2.45) is 0 Å². The molecule has 1 unspecified atom stereocenters. The number of rotatable bonds is 6. The molecule has 0 bridgehead atoms. The summed E-state index contributed by atoms with van der Waals surface area (Å²) in [6, 6.07) is 11.0. The molecule has 2 heteroatoms. The van der Waals surface area contributed by atoms with Crippen molar-refractivity contribution in [2.75, 3.05) is 20.3 Å². The topological polar surface area (TPSA) is 21.3 Å². The first-order chi connectivity index (χ1) is 6.83. The third kappa shape index (κ3) is 4.40. The zero-order chi connectivity index (χ0) is 10.2. The molecule has 0 fully saturated rings. The highest BCUT2D eigenvalue weighted by Crippen LogP contribution is 2.02. The summed E-state index contributed by atoms with van der Waals surface area (Å²) in [5.41, 5.74) is 1.38. The predicted molar refractivity (Wildman–Crippen MR) is 59.5 cm³/mol. The van der Waals surface area contributed by atoms with E-state index in [-0.39, 0.29) is 0 Å². The zero-order valence-corrected chi connectivity index (χ0v) is 8.99. The van der Waals surface area contributed by atoms with Gasteiger partial charge >= 0.3 is 0 Å². The van der Waals surface area contributed by atoms with E-state index >= 15 is 0 Å². The van der Waals surface area contributed by atoms with E-state index in [0.29, 0.717) is 6.04 Å². The van der Waals surface area contributed by atoms with Crippen LogP contribution >= 0.6 is 0 Å². The average Bonchev–Trinajstić information content (AvgIpc) is 2.20. The van der Waals surface area contributed by atoms with E-state index in [1.807, 2.05) is 6.07 Å². The Balaban J connectivity index is 2.23. The molecule has 0 spiro atoms. The highest BCUT2D eigenvalue weighted by molar-refractivity contribution is 5.15. The van der Waals surface area contributed by atoms with Gasteiger partial charge in [-0.15, -0.1) is 0 Å². The van der Waals surface area contributed by atoms with Crippen molar-refractivity contribution < 1.29 is 4.74 Å². The third-order valence-corrected chi connectivity index (χ3v) is 2.18. The van der Waals surface area contributed by atoms with Gasteiger partial charge in [0.15, 0.2) is 0 Å². The molecule has 0 amide bonds. The summed E-state index contributed by atoms with van der Waals surface area (Å²) >= 11 is 0. The lowest BCUT2D eigenvalue weighted by Crippen LogP contribution is -2.30. The number of hydrogen-bond acceptors (Lipinski definition) is 2. The van der Waals surface area contributed by atoms with Gasteiger partial charge in [-0.1, -0.05) is 30.3 Å². The van der Waals surface area contributed by atoms with Gasteiger partial charge in [0.2, 0.25) is 0 Å². The van der Waals surface area contributed by atoms with Crippen molar-refractivity contribution in [3.8, 4) is 0 Å². The monoisotopic (exact) mass is 193 g/mol. The van der Waals surface area contributed by atoms with E-state index in [0.717, 1.165) is 19.6 Å². The normalized spacial score (nSPS) is 12.7. The maximum Gasteiger partial charge on any atom is 0.0587 e. The van der Waals surface area contributed by atoms with Crippen LogP contribution in [0.5, 0.6) is 0 Å². The maximum absolute atomic E-state index is 4.98. The van der Waals surface area contributed by atoms with E-state index < -0.39 is 0 Å². The summed E-state index contributed by atoms with van der Waals surface area (Å²) in [6.45, 7) is 3.90. The van der Waals surface area contributed by atoms with E-state index in [9.17, 15) is 0 Å². The highest BCUT2D eigenvalue weighted by atomic mass is 16.5. The van der Waals surface area contributed by atoms with Crippen LogP contribution in [0.4, 0.5) is 0 Å². The molecular formula is C12H19NO. The first kappa shape index (κ1) is 11.2. The second-order valence-electron chi connectivity index (χ2n) is 3.54. The summed E-state index contributed by atoms with van der Waals surface area (Å²) in [5.74, 6) is 0. The molecule has 0 aromatic heterocycles. The number of ether oxygens (including phenoxy) is 1. The van der Waals surface area contributed by atoms with Crippen LogP contribution in [0.1, 0.15) is 12.5 Å². The van der Waals surface area contributed by atoms with Crippen LogP contribution in [-0.4, -0.2) is 26.3 Å². The Kier molecular flexibility index (Phi) is 5.27. The molecule has 0 aliphatic carbocycles. The zero-order valence-electron chi connectivity index (χ0n) is 8.99. The van der Waals surface area contributed by atoms with Crippen molar-refractivity contribution in [1.29, 1.82) is 0 Å². The van der Waals surface area contributed by atoms with Crippen molar-refractivity contribution >= 4 is 0 Å². The first-order valence-corrected chi connectivity index (χ1v) is 5.09. The molecule has 14 heavy (non-hydrogen) atoms. The van der Waals surface area contributed by atoms with Gasteiger partial charge in [-0.05, 0) is 18.9 Å². The minimum Gasteiger partial charge on any atom is -0.383 e. The van der Waals surface area contributed by atoms with E-state index in [1.54, 1.807) is 7.11 Å². The molecule has 78 valence electrons. The van der Waals surface area contributed by atoms with Crippen LogP contribution in [0.15, 0.2) is 30.3 Å². The summed E-state index contributed by atoms with van der Waals surface area (Å²) in [6.07, 6.45) is 1.07. The summed E-state index contributed by atoms with van der Waals surface area (Å²) in [5, 5.41) is 3.41. The van der Waals surface area contributed by atoms with Crippen LogP contribution in [-0.2, 0) is 11.2 Å². The fourth-order valence-corrected chi connectivity index (χ4v) is 1.45. The van der Waals surface area contributed by atoms with Crippen LogP contribution in [0.25, 0.3) is 0 Å². The van der Waals surface area contributed by atoms with Gasteiger partial charge in [0.1, 0.15) is 0 Å². The molecule has 1 aromatic carbocycles. The van der Waals surface area contributed by atoms with Crippen LogP contribution in [0.2, 0.25) is 0 Å². The van der Waals surface area contributed by atoms with Crippen molar-refractivity contribution in [3.63, 3.8) is 0 Å². The second-order valence-corrected chi connectivity index (χ2v) is 3.54. The standard InChI is InChI=1S/C12H19NO/c1-11(13-8-9-14-2)10-12-6-4-3-5-7-12/h3-7,11,13H,8-10H2,1-2H3. The Bertz CT molecular complexity index is 235. The van der Waals surface area contributed by atoms with Crippen molar-refractivity contribution in [3.05, 3.63) is 35.9 Å². The van der Waals surface area contributed by atoms with Gasteiger partial charge in [-0.3, -0.25) is 0 Å². The van der Waals surface area contributed by atoms with E-state index in [4.69, 9.17) is 4.74 Å². The molecule has 0 aliphatic rings. The lowest BCUT2D eigenvalue weighted by molar-refractivity contribution is 0.196. The predicted octanol–water partition coefficient (Wildman–Crippen LogP) is 1.85. The number of hydrogen-bond donors (Lipinski definition) is 1.